The van der Waals surface area contributed by atoms with Crippen molar-refractivity contribution in [3.05, 3.63) is 29.8 Å². The lowest BCUT2D eigenvalue weighted by molar-refractivity contribution is -0.137. The zero-order valence-electron chi connectivity index (χ0n) is 12.3. The first-order chi connectivity index (χ1) is 9.79. The van der Waals surface area contributed by atoms with Gasteiger partial charge in [-0.15, -0.1) is 0 Å². The molecule has 0 heterocycles. The van der Waals surface area contributed by atoms with E-state index in [1.165, 1.54) is 6.92 Å². The molecule has 0 bridgehead atoms. The van der Waals surface area contributed by atoms with Crippen molar-refractivity contribution in [1.82, 2.24) is 5.32 Å². The smallest absolute Gasteiger partial charge is 0.319 e. The molecule has 0 saturated carbocycles. The number of carbonyl (C=O) groups excluding carboxylic acids is 2. The molecule has 1 unspecified atom stereocenters. The number of ketones is 1. The van der Waals surface area contributed by atoms with E-state index in [0.717, 1.165) is 0 Å². The molecular formula is C15H20N2O4. The lowest BCUT2D eigenvalue weighted by atomic mass is 10.0. The summed E-state index contributed by atoms with van der Waals surface area (Å²) in [6.45, 7) is 5.12. The Hall–Kier alpha value is -2.37. The molecule has 0 fully saturated rings. The van der Waals surface area contributed by atoms with Crippen LogP contribution in [0.3, 0.4) is 0 Å². The summed E-state index contributed by atoms with van der Waals surface area (Å²) in [6, 6.07) is 5.61. The van der Waals surface area contributed by atoms with E-state index in [1.54, 1.807) is 24.3 Å². The second kappa shape index (κ2) is 7.42. The van der Waals surface area contributed by atoms with Crippen LogP contribution in [0.25, 0.3) is 0 Å². The molecule has 0 aromatic heterocycles. The molecule has 0 spiro atoms. The number of aliphatic carboxylic acids is 1. The minimum absolute atomic E-state index is 0.00426. The SMILES string of the molecule is CC(=O)c1cccc(NC(=O)NC(CC(=O)O)C(C)C)c1. The van der Waals surface area contributed by atoms with Crippen LogP contribution in [0.1, 0.15) is 37.6 Å². The van der Waals surface area contributed by atoms with Crippen molar-refractivity contribution in [3.8, 4) is 0 Å². The van der Waals surface area contributed by atoms with Crippen LogP contribution in [0.15, 0.2) is 24.3 Å². The van der Waals surface area contributed by atoms with Crippen LogP contribution in [0.4, 0.5) is 10.5 Å². The maximum absolute atomic E-state index is 11.9. The lowest BCUT2D eigenvalue weighted by Crippen LogP contribution is -2.42. The Morgan fingerprint density at radius 1 is 1.24 bits per heavy atom. The third-order valence-corrected chi connectivity index (χ3v) is 3.04. The van der Waals surface area contributed by atoms with Crippen molar-refractivity contribution < 1.29 is 19.5 Å². The van der Waals surface area contributed by atoms with Gasteiger partial charge in [0.05, 0.1) is 6.42 Å². The standard InChI is InChI=1S/C15H20N2O4/c1-9(2)13(8-14(19)20)17-15(21)16-12-6-4-5-11(7-12)10(3)18/h4-7,9,13H,8H2,1-3H3,(H,19,20)(H2,16,17,21). The number of amides is 2. The Bertz CT molecular complexity index is 540. The summed E-state index contributed by atoms with van der Waals surface area (Å²) in [5.74, 6) is -1.06. The second-order valence-electron chi connectivity index (χ2n) is 5.18. The van der Waals surface area contributed by atoms with Crippen molar-refractivity contribution in [3.63, 3.8) is 0 Å². The Labute approximate surface area is 123 Å². The molecule has 0 radical (unpaired) electrons. The van der Waals surface area contributed by atoms with Crippen LogP contribution in [-0.4, -0.2) is 28.9 Å². The molecule has 114 valence electrons. The third-order valence-electron chi connectivity index (χ3n) is 3.04. The van der Waals surface area contributed by atoms with Crippen molar-refractivity contribution in [2.45, 2.75) is 33.2 Å². The molecule has 2 amide bonds. The van der Waals surface area contributed by atoms with Crippen molar-refractivity contribution in [2.75, 3.05) is 5.32 Å². The van der Waals surface area contributed by atoms with E-state index in [9.17, 15) is 14.4 Å². The molecule has 6 nitrogen and oxygen atoms in total. The van der Waals surface area contributed by atoms with E-state index in [0.29, 0.717) is 11.3 Å². The maximum atomic E-state index is 11.9. The number of benzene rings is 1. The number of carbonyl (C=O) groups is 3. The number of carboxylic acid groups (broad SMARTS) is 1. The summed E-state index contributed by atoms with van der Waals surface area (Å²) in [5.41, 5.74) is 0.983. The molecular weight excluding hydrogens is 272 g/mol. The van der Waals surface area contributed by atoms with Gasteiger partial charge in [0.1, 0.15) is 0 Å². The molecule has 1 aromatic rings. The Kier molecular flexibility index (Phi) is 5.90. The van der Waals surface area contributed by atoms with Gasteiger partial charge in [0.2, 0.25) is 0 Å². The summed E-state index contributed by atoms with van der Waals surface area (Å²) in [5, 5.41) is 14.1. The number of hydrogen-bond acceptors (Lipinski definition) is 3. The van der Waals surface area contributed by atoms with E-state index in [2.05, 4.69) is 10.6 Å². The third kappa shape index (κ3) is 5.64. The van der Waals surface area contributed by atoms with E-state index in [1.807, 2.05) is 13.8 Å². The molecule has 6 heteroatoms. The predicted molar refractivity (Wildman–Crippen MR) is 79.5 cm³/mol. The number of anilines is 1. The van der Waals surface area contributed by atoms with Crippen molar-refractivity contribution >= 4 is 23.5 Å². The number of rotatable bonds is 6. The first-order valence-electron chi connectivity index (χ1n) is 6.70. The summed E-state index contributed by atoms with van der Waals surface area (Å²) >= 11 is 0. The highest BCUT2D eigenvalue weighted by molar-refractivity contribution is 5.96. The van der Waals surface area contributed by atoms with Gasteiger partial charge in [-0.2, -0.15) is 0 Å². The minimum Gasteiger partial charge on any atom is -0.481 e. The highest BCUT2D eigenvalue weighted by Crippen LogP contribution is 2.12. The van der Waals surface area contributed by atoms with Crippen LogP contribution in [0.2, 0.25) is 0 Å². The van der Waals surface area contributed by atoms with E-state index in [4.69, 9.17) is 5.11 Å². The molecule has 1 atom stereocenters. The molecule has 0 saturated heterocycles. The largest absolute Gasteiger partial charge is 0.481 e. The summed E-state index contributed by atoms with van der Waals surface area (Å²) in [6.07, 6.45) is -0.140. The van der Waals surface area contributed by atoms with Crippen LogP contribution >= 0.6 is 0 Å². The van der Waals surface area contributed by atoms with Gasteiger partial charge < -0.3 is 15.7 Å². The van der Waals surface area contributed by atoms with E-state index < -0.39 is 18.0 Å². The van der Waals surface area contributed by atoms with Crippen LogP contribution < -0.4 is 10.6 Å². The normalized spacial score (nSPS) is 11.8. The van der Waals surface area contributed by atoms with Gasteiger partial charge in [-0.05, 0) is 25.0 Å². The molecule has 0 aliphatic carbocycles. The monoisotopic (exact) mass is 292 g/mol. The predicted octanol–water partition coefficient (Wildman–Crippen LogP) is 2.51. The van der Waals surface area contributed by atoms with Gasteiger partial charge in [-0.3, -0.25) is 9.59 Å². The first kappa shape index (κ1) is 16.7. The average Bonchev–Trinajstić information content (AvgIpc) is 2.37. The highest BCUT2D eigenvalue weighted by atomic mass is 16.4. The fourth-order valence-corrected chi connectivity index (χ4v) is 1.79. The summed E-state index contributed by atoms with van der Waals surface area (Å²) < 4.78 is 0. The topological polar surface area (TPSA) is 95.5 Å². The Balaban J connectivity index is 2.69. The van der Waals surface area contributed by atoms with Gasteiger partial charge >= 0.3 is 12.0 Å². The Morgan fingerprint density at radius 2 is 1.90 bits per heavy atom. The molecule has 1 aromatic carbocycles. The molecule has 3 N–H and O–H groups in total. The Morgan fingerprint density at radius 3 is 2.43 bits per heavy atom. The van der Waals surface area contributed by atoms with Crippen LogP contribution in [0, 0.1) is 5.92 Å². The zero-order chi connectivity index (χ0) is 16.0. The molecule has 1 rings (SSSR count). The average molecular weight is 292 g/mol. The van der Waals surface area contributed by atoms with E-state index >= 15 is 0 Å². The summed E-state index contributed by atoms with van der Waals surface area (Å²) in [7, 11) is 0. The van der Waals surface area contributed by atoms with Gasteiger partial charge in [-0.1, -0.05) is 26.0 Å². The molecule has 0 aliphatic heterocycles. The van der Waals surface area contributed by atoms with E-state index in [-0.39, 0.29) is 18.1 Å². The maximum Gasteiger partial charge on any atom is 0.319 e. The fraction of sp³-hybridized carbons (Fsp3) is 0.400. The highest BCUT2D eigenvalue weighted by Gasteiger charge is 2.19. The van der Waals surface area contributed by atoms with Gasteiger partial charge in [-0.25, -0.2) is 4.79 Å². The van der Waals surface area contributed by atoms with Gasteiger partial charge in [0.15, 0.2) is 5.78 Å². The molecule has 21 heavy (non-hydrogen) atoms. The first-order valence-corrected chi connectivity index (χ1v) is 6.70. The second-order valence-corrected chi connectivity index (χ2v) is 5.18. The number of carboxylic acids is 1. The fourth-order valence-electron chi connectivity index (χ4n) is 1.79. The van der Waals surface area contributed by atoms with Gasteiger partial charge in [0.25, 0.3) is 0 Å². The zero-order valence-corrected chi connectivity index (χ0v) is 12.3. The quantitative estimate of drug-likeness (QED) is 0.702. The molecule has 0 aliphatic rings. The van der Waals surface area contributed by atoms with Crippen LogP contribution in [0.5, 0.6) is 0 Å². The number of hydrogen-bond donors (Lipinski definition) is 3. The number of Topliss-reactive ketones (excluding diaryl/α,β-unsaturated/α-hetero) is 1. The number of nitrogens with one attached hydrogen (secondary N) is 2. The number of urea groups is 1. The summed E-state index contributed by atoms with van der Waals surface area (Å²) in [4.78, 5) is 33.9. The van der Waals surface area contributed by atoms with Gasteiger partial charge in [0, 0.05) is 17.3 Å². The van der Waals surface area contributed by atoms with Crippen molar-refractivity contribution in [1.29, 1.82) is 0 Å². The lowest BCUT2D eigenvalue weighted by Gasteiger charge is -2.20. The van der Waals surface area contributed by atoms with Crippen LogP contribution in [-0.2, 0) is 4.79 Å². The minimum atomic E-state index is -0.965. The van der Waals surface area contributed by atoms with Crippen molar-refractivity contribution in [2.24, 2.45) is 5.92 Å².